The summed E-state index contributed by atoms with van der Waals surface area (Å²) in [6.45, 7) is 0. The molecule has 1 rings (SSSR count). The van der Waals surface area contributed by atoms with E-state index in [9.17, 15) is 4.79 Å². The molecule has 0 bridgehead atoms. The van der Waals surface area contributed by atoms with E-state index in [1.807, 2.05) is 0 Å². The first-order chi connectivity index (χ1) is 8.53. The molecule has 4 N–H and O–H groups in total. The van der Waals surface area contributed by atoms with Gasteiger partial charge in [-0.1, -0.05) is 0 Å². The second-order valence-corrected chi connectivity index (χ2v) is 3.74. The third kappa shape index (κ3) is 3.04. The predicted molar refractivity (Wildman–Crippen MR) is 66.8 cm³/mol. The Kier molecular flexibility index (Phi) is 4.79. The average Bonchev–Trinajstić information content (AvgIpc) is 2.35. The van der Waals surface area contributed by atoms with E-state index >= 15 is 0 Å². The van der Waals surface area contributed by atoms with Crippen molar-refractivity contribution in [2.45, 2.75) is 12.5 Å². The van der Waals surface area contributed by atoms with Crippen molar-refractivity contribution in [2.75, 3.05) is 21.3 Å². The second-order valence-electron chi connectivity index (χ2n) is 3.74. The molecule has 1 aromatic rings. The average molecular weight is 254 g/mol. The van der Waals surface area contributed by atoms with Gasteiger partial charge in [-0.25, -0.2) is 0 Å². The number of methoxy groups -OCH3 is 3. The minimum atomic E-state index is -0.504. The Hall–Kier alpha value is -1.95. The first-order valence-electron chi connectivity index (χ1n) is 5.37. The van der Waals surface area contributed by atoms with Crippen LogP contribution in [0.2, 0.25) is 0 Å². The van der Waals surface area contributed by atoms with Crippen molar-refractivity contribution in [3.8, 4) is 17.2 Å². The van der Waals surface area contributed by atoms with Gasteiger partial charge in [0.1, 0.15) is 0 Å². The maximum absolute atomic E-state index is 10.9. The molecule has 0 radical (unpaired) electrons. The first kappa shape index (κ1) is 14.1. The summed E-state index contributed by atoms with van der Waals surface area (Å²) in [7, 11) is 4.55. The summed E-state index contributed by atoms with van der Waals surface area (Å²) in [5.41, 5.74) is 11.7. The number of carbonyl (C=O) groups excluding carboxylic acids is 1. The molecule has 0 aliphatic carbocycles. The van der Waals surface area contributed by atoms with Gasteiger partial charge in [-0.15, -0.1) is 0 Å². The summed E-state index contributed by atoms with van der Waals surface area (Å²) < 4.78 is 15.6. The molecular weight excluding hydrogens is 236 g/mol. The molecule has 0 heterocycles. The lowest BCUT2D eigenvalue weighted by Crippen LogP contribution is -2.20. The van der Waals surface area contributed by atoms with E-state index in [1.165, 1.54) is 21.3 Å². The van der Waals surface area contributed by atoms with Gasteiger partial charge >= 0.3 is 0 Å². The van der Waals surface area contributed by atoms with Gasteiger partial charge < -0.3 is 25.7 Å². The number of carbonyl (C=O) groups is 1. The highest BCUT2D eigenvalue weighted by atomic mass is 16.5. The lowest BCUT2D eigenvalue weighted by molar-refractivity contribution is -0.118. The van der Waals surface area contributed by atoms with Crippen molar-refractivity contribution in [1.29, 1.82) is 0 Å². The maximum Gasteiger partial charge on any atom is 0.219 e. The lowest BCUT2D eigenvalue weighted by Gasteiger charge is -2.16. The number of amides is 1. The summed E-state index contributed by atoms with van der Waals surface area (Å²) in [6, 6.07) is 2.90. The van der Waals surface area contributed by atoms with Gasteiger partial charge in [0, 0.05) is 12.5 Å². The molecule has 0 saturated carbocycles. The van der Waals surface area contributed by atoms with E-state index < -0.39 is 11.9 Å². The van der Waals surface area contributed by atoms with Gasteiger partial charge in [-0.2, -0.15) is 0 Å². The minimum Gasteiger partial charge on any atom is -0.493 e. The quantitative estimate of drug-likeness (QED) is 0.774. The molecular formula is C12H18N2O4. The summed E-state index contributed by atoms with van der Waals surface area (Å²) in [4.78, 5) is 10.9. The van der Waals surface area contributed by atoms with Gasteiger partial charge in [-0.3, -0.25) is 4.79 Å². The predicted octanol–water partition coefficient (Wildman–Crippen LogP) is 0.588. The van der Waals surface area contributed by atoms with E-state index in [-0.39, 0.29) is 6.42 Å². The van der Waals surface area contributed by atoms with Crippen molar-refractivity contribution in [1.82, 2.24) is 0 Å². The Balaban J connectivity index is 3.18. The second kappa shape index (κ2) is 6.11. The third-order valence-corrected chi connectivity index (χ3v) is 2.54. The molecule has 1 aromatic carbocycles. The van der Waals surface area contributed by atoms with Crippen LogP contribution in [-0.2, 0) is 4.79 Å². The molecule has 6 nitrogen and oxygen atoms in total. The van der Waals surface area contributed by atoms with Crippen LogP contribution in [0.25, 0.3) is 0 Å². The van der Waals surface area contributed by atoms with Crippen LogP contribution in [0, 0.1) is 0 Å². The fraction of sp³-hybridized carbons (Fsp3) is 0.417. The lowest BCUT2D eigenvalue weighted by atomic mass is 10.0. The smallest absolute Gasteiger partial charge is 0.219 e. The van der Waals surface area contributed by atoms with Crippen LogP contribution in [0.5, 0.6) is 17.2 Å². The Morgan fingerprint density at radius 2 is 1.67 bits per heavy atom. The van der Waals surface area contributed by atoms with Gasteiger partial charge in [-0.05, 0) is 17.7 Å². The number of benzene rings is 1. The largest absolute Gasteiger partial charge is 0.493 e. The highest BCUT2D eigenvalue weighted by molar-refractivity contribution is 5.74. The molecule has 18 heavy (non-hydrogen) atoms. The number of nitrogens with two attached hydrogens (primary N) is 2. The molecule has 0 spiro atoms. The molecule has 1 atom stereocenters. The Morgan fingerprint density at radius 3 is 2.00 bits per heavy atom. The number of hydrogen-bond acceptors (Lipinski definition) is 5. The van der Waals surface area contributed by atoms with Crippen LogP contribution in [0.3, 0.4) is 0 Å². The van der Waals surface area contributed by atoms with Crippen LogP contribution >= 0.6 is 0 Å². The van der Waals surface area contributed by atoms with E-state index in [4.69, 9.17) is 25.7 Å². The molecule has 0 saturated heterocycles. The van der Waals surface area contributed by atoms with Crippen molar-refractivity contribution in [3.05, 3.63) is 17.7 Å². The zero-order chi connectivity index (χ0) is 13.7. The molecule has 0 aliphatic rings. The maximum atomic E-state index is 10.9. The number of primary amides is 1. The third-order valence-electron chi connectivity index (χ3n) is 2.54. The zero-order valence-corrected chi connectivity index (χ0v) is 10.7. The summed E-state index contributed by atoms with van der Waals surface area (Å²) in [5.74, 6) is 1.00. The van der Waals surface area contributed by atoms with E-state index in [1.54, 1.807) is 12.1 Å². The Bertz CT molecular complexity index is 409. The van der Waals surface area contributed by atoms with Crippen LogP contribution in [0.15, 0.2) is 12.1 Å². The summed E-state index contributed by atoms with van der Waals surface area (Å²) in [6.07, 6.45) is 0.0542. The van der Waals surface area contributed by atoms with Crippen molar-refractivity contribution in [2.24, 2.45) is 11.5 Å². The molecule has 1 amide bonds. The highest BCUT2D eigenvalue weighted by Gasteiger charge is 2.17. The number of hydrogen-bond donors (Lipinski definition) is 2. The Labute approximate surface area is 106 Å². The Morgan fingerprint density at radius 1 is 1.17 bits per heavy atom. The standard InChI is InChI=1S/C12H18N2O4/c1-16-9-4-7(8(13)6-11(14)15)5-10(17-2)12(9)18-3/h4-5,8H,6,13H2,1-3H3,(H2,14,15)/t8-/m0/s1. The van der Waals surface area contributed by atoms with Gasteiger partial charge in [0.2, 0.25) is 11.7 Å². The fourth-order valence-electron chi connectivity index (χ4n) is 1.65. The van der Waals surface area contributed by atoms with Crippen LogP contribution in [-0.4, -0.2) is 27.2 Å². The monoisotopic (exact) mass is 254 g/mol. The van der Waals surface area contributed by atoms with Crippen LogP contribution in [0.4, 0.5) is 0 Å². The summed E-state index contributed by atoms with van der Waals surface area (Å²) in [5, 5.41) is 0. The zero-order valence-electron chi connectivity index (χ0n) is 10.7. The minimum absolute atomic E-state index is 0.0542. The molecule has 0 aromatic heterocycles. The molecule has 0 fully saturated rings. The SMILES string of the molecule is COc1cc([C@@H](N)CC(N)=O)cc(OC)c1OC. The van der Waals surface area contributed by atoms with E-state index in [0.29, 0.717) is 22.8 Å². The van der Waals surface area contributed by atoms with Crippen molar-refractivity contribution >= 4 is 5.91 Å². The van der Waals surface area contributed by atoms with Crippen LogP contribution < -0.4 is 25.7 Å². The van der Waals surface area contributed by atoms with E-state index in [0.717, 1.165) is 0 Å². The van der Waals surface area contributed by atoms with Gasteiger partial charge in [0.15, 0.2) is 11.5 Å². The van der Waals surface area contributed by atoms with E-state index in [2.05, 4.69) is 0 Å². The van der Waals surface area contributed by atoms with Crippen molar-refractivity contribution < 1.29 is 19.0 Å². The number of rotatable bonds is 6. The van der Waals surface area contributed by atoms with Crippen LogP contribution in [0.1, 0.15) is 18.0 Å². The normalized spacial score (nSPS) is 11.8. The number of ether oxygens (including phenoxy) is 3. The highest BCUT2D eigenvalue weighted by Crippen LogP contribution is 2.39. The molecule has 100 valence electrons. The van der Waals surface area contributed by atoms with Gasteiger partial charge in [0.05, 0.1) is 21.3 Å². The first-order valence-corrected chi connectivity index (χ1v) is 5.37. The molecule has 0 unspecified atom stereocenters. The molecule has 6 heteroatoms. The molecule has 0 aliphatic heterocycles. The summed E-state index contributed by atoms with van der Waals surface area (Å²) >= 11 is 0. The topological polar surface area (TPSA) is 96.8 Å². The fourth-order valence-corrected chi connectivity index (χ4v) is 1.65. The van der Waals surface area contributed by atoms with Gasteiger partial charge in [0.25, 0.3) is 0 Å². The van der Waals surface area contributed by atoms with Crippen molar-refractivity contribution in [3.63, 3.8) is 0 Å².